The molecule has 5 nitrogen and oxygen atoms in total. The first kappa shape index (κ1) is 13.1. The zero-order chi connectivity index (χ0) is 13.0. The number of carboxylic acids is 1. The molecular formula is C11H12N2O3S2. The summed E-state index contributed by atoms with van der Waals surface area (Å²) in [6.45, 7) is 1.84. The number of thioether (sulfide) groups is 1. The van der Waals surface area contributed by atoms with Gasteiger partial charge in [-0.05, 0) is 17.9 Å². The highest BCUT2D eigenvalue weighted by atomic mass is 32.2. The lowest BCUT2D eigenvalue weighted by Gasteiger charge is -2.06. The van der Waals surface area contributed by atoms with E-state index in [1.165, 1.54) is 23.1 Å². The molecule has 0 saturated heterocycles. The van der Waals surface area contributed by atoms with Gasteiger partial charge in [-0.2, -0.15) is 4.98 Å². The molecule has 0 aliphatic heterocycles. The molecule has 2 heterocycles. The zero-order valence-electron chi connectivity index (χ0n) is 9.70. The van der Waals surface area contributed by atoms with Gasteiger partial charge in [0.25, 0.3) is 0 Å². The van der Waals surface area contributed by atoms with Gasteiger partial charge < -0.3 is 9.63 Å². The fraction of sp³-hybridized carbons (Fsp3) is 0.364. The van der Waals surface area contributed by atoms with Crippen molar-refractivity contribution in [2.45, 2.75) is 24.3 Å². The van der Waals surface area contributed by atoms with Crippen molar-refractivity contribution in [3.8, 4) is 10.7 Å². The Hall–Kier alpha value is -1.34. The Labute approximate surface area is 112 Å². The van der Waals surface area contributed by atoms with Gasteiger partial charge in [-0.3, -0.25) is 4.79 Å². The second-order valence-corrected chi connectivity index (χ2v) is 5.67. The van der Waals surface area contributed by atoms with E-state index in [0.29, 0.717) is 23.9 Å². The molecule has 0 aromatic carbocycles. The lowest BCUT2D eigenvalue weighted by molar-refractivity contribution is -0.136. The minimum Gasteiger partial charge on any atom is -0.480 e. The maximum Gasteiger partial charge on any atom is 0.316 e. The lowest BCUT2D eigenvalue weighted by Crippen LogP contribution is -2.15. The van der Waals surface area contributed by atoms with Crippen LogP contribution in [-0.4, -0.2) is 26.5 Å². The third-order valence-corrected chi connectivity index (χ3v) is 4.48. The van der Waals surface area contributed by atoms with Gasteiger partial charge in [0.1, 0.15) is 5.25 Å². The van der Waals surface area contributed by atoms with Crippen LogP contribution in [0.4, 0.5) is 0 Å². The minimum absolute atomic E-state index is 0.420. The molecule has 1 N–H and O–H groups in total. The first-order valence-electron chi connectivity index (χ1n) is 5.41. The van der Waals surface area contributed by atoms with Gasteiger partial charge in [-0.15, -0.1) is 23.1 Å². The van der Waals surface area contributed by atoms with E-state index < -0.39 is 11.2 Å². The van der Waals surface area contributed by atoms with E-state index in [9.17, 15) is 4.79 Å². The number of nitrogens with zero attached hydrogens (tertiary/aromatic N) is 2. The molecule has 0 fully saturated rings. The number of aromatic nitrogens is 2. The lowest BCUT2D eigenvalue weighted by atomic mass is 10.3. The van der Waals surface area contributed by atoms with Crippen LogP contribution < -0.4 is 0 Å². The van der Waals surface area contributed by atoms with E-state index in [1.54, 1.807) is 0 Å². The van der Waals surface area contributed by atoms with E-state index in [0.717, 1.165) is 4.88 Å². The van der Waals surface area contributed by atoms with Crippen molar-refractivity contribution in [1.82, 2.24) is 10.1 Å². The fourth-order valence-corrected chi connectivity index (χ4v) is 2.84. The zero-order valence-corrected chi connectivity index (χ0v) is 11.3. The van der Waals surface area contributed by atoms with Crippen LogP contribution in [0.2, 0.25) is 0 Å². The third-order valence-electron chi connectivity index (χ3n) is 2.26. The van der Waals surface area contributed by atoms with Crippen LogP contribution in [0, 0.1) is 0 Å². The van der Waals surface area contributed by atoms with Crippen LogP contribution >= 0.6 is 23.1 Å². The van der Waals surface area contributed by atoms with Crippen LogP contribution in [0.5, 0.6) is 0 Å². The molecule has 0 radical (unpaired) electrons. The first-order chi connectivity index (χ1) is 8.70. The molecule has 7 heteroatoms. The van der Waals surface area contributed by atoms with E-state index in [1.807, 2.05) is 24.4 Å². The molecule has 0 amide bonds. The highest BCUT2D eigenvalue weighted by molar-refractivity contribution is 7.99. The maximum atomic E-state index is 10.9. The molecule has 1 unspecified atom stereocenters. The Kier molecular flexibility index (Phi) is 4.38. The van der Waals surface area contributed by atoms with Crippen LogP contribution in [0.1, 0.15) is 19.2 Å². The minimum atomic E-state index is -0.805. The van der Waals surface area contributed by atoms with Gasteiger partial charge >= 0.3 is 5.97 Å². The SMILES string of the molecule is CCC(SCc1nc(-c2cccs2)no1)C(=O)O. The second-order valence-electron chi connectivity index (χ2n) is 3.54. The van der Waals surface area contributed by atoms with Gasteiger partial charge in [-0.1, -0.05) is 18.1 Å². The monoisotopic (exact) mass is 284 g/mol. The van der Waals surface area contributed by atoms with Gasteiger partial charge in [0, 0.05) is 0 Å². The Morgan fingerprint density at radius 3 is 3.11 bits per heavy atom. The summed E-state index contributed by atoms with van der Waals surface area (Å²) in [6.07, 6.45) is 0.575. The van der Waals surface area contributed by atoms with Gasteiger partial charge in [-0.25, -0.2) is 0 Å². The summed E-state index contributed by atoms with van der Waals surface area (Å²) in [5.74, 6) is 0.635. The predicted molar refractivity (Wildman–Crippen MR) is 70.6 cm³/mol. The summed E-state index contributed by atoms with van der Waals surface area (Å²) in [4.78, 5) is 16.0. The predicted octanol–water partition coefficient (Wildman–Crippen LogP) is 2.89. The summed E-state index contributed by atoms with van der Waals surface area (Å²) in [5.41, 5.74) is 0. The fourth-order valence-electron chi connectivity index (χ4n) is 1.36. The summed E-state index contributed by atoms with van der Waals surface area (Å²) in [5, 5.41) is 14.3. The summed E-state index contributed by atoms with van der Waals surface area (Å²) in [7, 11) is 0. The molecule has 0 aliphatic carbocycles. The normalized spacial score (nSPS) is 12.5. The van der Waals surface area contributed by atoms with E-state index >= 15 is 0 Å². The Morgan fingerprint density at radius 2 is 2.50 bits per heavy atom. The molecule has 0 bridgehead atoms. The number of rotatable bonds is 6. The van der Waals surface area contributed by atoms with Crippen molar-refractivity contribution in [1.29, 1.82) is 0 Å². The Balaban J connectivity index is 1.97. The molecule has 0 saturated carbocycles. The van der Waals surface area contributed by atoms with E-state index in [-0.39, 0.29) is 0 Å². The highest BCUT2D eigenvalue weighted by Gasteiger charge is 2.17. The van der Waals surface area contributed by atoms with Crippen molar-refractivity contribution in [2.24, 2.45) is 0 Å². The molecule has 2 rings (SSSR count). The summed E-state index contributed by atoms with van der Waals surface area (Å²) < 4.78 is 5.09. The second kappa shape index (κ2) is 6.01. The van der Waals surface area contributed by atoms with Crippen LogP contribution in [0.3, 0.4) is 0 Å². The number of hydrogen-bond acceptors (Lipinski definition) is 6. The van der Waals surface area contributed by atoms with Crippen molar-refractivity contribution in [3.63, 3.8) is 0 Å². The topological polar surface area (TPSA) is 76.2 Å². The Bertz CT molecular complexity index is 510. The average Bonchev–Trinajstić information content (AvgIpc) is 2.99. The number of hydrogen-bond donors (Lipinski definition) is 1. The standard InChI is InChI=1S/C11H12N2O3S2/c1-2-7(11(14)15)18-6-9-12-10(13-16-9)8-4-3-5-17-8/h3-5,7H,2,6H2,1H3,(H,14,15). The van der Waals surface area contributed by atoms with Crippen molar-refractivity contribution in [2.75, 3.05) is 0 Å². The number of aliphatic carboxylic acids is 1. The van der Waals surface area contributed by atoms with Crippen molar-refractivity contribution >= 4 is 29.1 Å². The van der Waals surface area contributed by atoms with Crippen LogP contribution in [0.15, 0.2) is 22.0 Å². The third kappa shape index (κ3) is 3.11. The molecule has 0 spiro atoms. The van der Waals surface area contributed by atoms with Crippen molar-refractivity contribution in [3.05, 3.63) is 23.4 Å². The van der Waals surface area contributed by atoms with E-state index in [4.69, 9.17) is 9.63 Å². The molecule has 18 heavy (non-hydrogen) atoms. The molecule has 2 aromatic heterocycles. The van der Waals surface area contributed by atoms with Crippen LogP contribution in [0.25, 0.3) is 10.7 Å². The molecular weight excluding hydrogens is 272 g/mol. The van der Waals surface area contributed by atoms with Crippen molar-refractivity contribution < 1.29 is 14.4 Å². The Morgan fingerprint density at radius 1 is 1.67 bits per heavy atom. The average molecular weight is 284 g/mol. The first-order valence-corrected chi connectivity index (χ1v) is 7.34. The molecule has 96 valence electrons. The van der Waals surface area contributed by atoms with Crippen LogP contribution in [-0.2, 0) is 10.5 Å². The highest BCUT2D eigenvalue weighted by Crippen LogP contribution is 2.24. The summed E-state index contributed by atoms with van der Waals surface area (Å²) in [6, 6.07) is 3.83. The molecule has 2 aromatic rings. The largest absolute Gasteiger partial charge is 0.480 e. The van der Waals surface area contributed by atoms with Gasteiger partial charge in [0.2, 0.25) is 11.7 Å². The number of carboxylic acid groups (broad SMARTS) is 1. The number of carbonyl (C=O) groups is 1. The van der Waals surface area contributed by atoms with Gasteiger partial charge in [0.15, 0.2) is 0 Å². The van der Waals surface area contributed by atoms with E-state index in [2.05, 4.69) is 10.1 Å². The smallest absolute Gasteiger partial charge is 0.316 e. The summed E-state index contributed by atoms with van der Waals surface area (Å²) >= 11 is 2.84. The maximum absolute atomic E-state index is 10.9. The quantitative estimate of drug-likeness (QED) is 0.879. The molecule has 1 atom stereocenters. The molecule has 0 aliphatic rings. The van der Waals surface area contributed by atoms with Gasteiger partial charge in [0.05, 0.1) is 10.6 Å². The number of thiophene rings is 1.